The van der Waals surface area contributed by atoms with Crippen molar-refractivity contribution >= 4 is 17.5 Å². The molecule has 2 atom stereocenters. The SMILES string of the molecule is CCCCOC(=O)C1C(C)=NC2=C(C(=O)CC(C)(C)C2)[C@H]1c1cccnc1. The molecule has 5 nitrogen and oxygen atoms in total. The number of hydrogen-bond donors (Lipinski definition) is 0. The van der Waals surface area contributed by atoms with Crippen molar-refractivity contribution in [2.24, 2.45) is 16.3 Å². The van der Waals surface area contributed by atoms with Crippen LogP contribution in [0.4, 0.5) is 0 Å². The molecule has 3 rings (SSSR count). The summed E-state index contributed by atoms with van der Waals surface area (Å²) in [5.74, 6) is -1.17. The van der Waals surface area contributed by atoms with Gasteiger partial charge in [-0.25, -0.2) is 0 Å². The van der Waals surface area contributed by atoms with Crippen LogP contribution in [0, 0.1) is 11.3 Å². The normalized spacial score (nSPS) is 24.3. The molecule has 144 valence electrons. The minimum absolute atomic E-state index is 0.0812. The van der Waals surface area contributed by atoms with Crippen LogP contribution in [-0.4, -0.2) is 29.1 Å². The molecule has 0 saturated carbocycles. The summed E-state index contributed by atoms with van der Waals surface area (Å²) in [6.45, 7) is 8.49. The van der Waals surface area contributed by atoms with Crippen molar-refractivity contribution in [2.45, 2.75) is 59.3 Å². The molecule has 1 aliphatic heterocycles. The van der Waals surface area contributed by atoms with Crippen molar-refractivity contribution in [3.8, 4) is 0 Å². The molecular formula is C22H28N2O3. The Balaban J connectivity index is 2.05. The van der Waals surface area contributed by atoms with Crippen molar-refractivity contribution in [1.29, 1.82) is 0 Å². The van der Waals surface area contributed by atoms with Gasteiger partial charge in [0.1, 0.15) is 5.92 Å². The van der Waals surface area contributed by atoms with E-state index < -0.39 is 5.92 Å². The summed E-state index contributed by atoms with van der Waals surface area (Å²) in [4.78, 5) is 34.9. The van der Waals surface area contributed by atoms with Gasteiger partial charge in [0.05, 0.1) is 6.61 Å². The minimum Gasteiger partial charge on any atom is -0.465 e. The van der Waals surface area contributed by atoms with Crippen LogP contribution in [0.25, 0.3) is 0 Å². The average molecular weight is 368 g/mol. The van der Waals surface area contributed by atoms with Crippen LogP contribution in [0.3, 0.4) is 0 Å². The molecule has 1 aliphatic carbocycles. The molecular weight excluding hydrogens is 340 g/mol. The highest BCUT2D eigenvalue weighted by molar-refractivity contribution is 6.09. The summed E-state index contributed by atoms with van der Waals surface area (Å²) in [5.41, 5.74) is 2.96. The highest BCUT2D eigenvalue weighted by Crippen LogP contribution is 2.47. The lowest BCUT2D eigenvalue weighted by Gasteiger charge is -2.38. The van der Waals surface area contributed by atoms with Gasteiger partial charge in [0.25, 0.3) is 0 Å². The molecule has 0 N–H and O–H groups in total. The first-order valence-corrected chi connectivity index (χ1v) is 9.72. The van der Waals surface area contributed by atoms with Gasteiger partial charge in [-0.2, -0.15) is 0 Å². The van der Waals surface area contributed by atoms with Gasteiger partial charge in [-0.1, -0.05) is 33.3 Å². The smallest absolute Gasteiger partial charge is 0.315 e. The van der Waals surface area contributed by atoms with Gasteiger partial charge in [0.15, 0.2) is 5.78 Å². The molecule has 1 unspecified atom stereocenters. The fraction of sp³-hybridized carbons (Fsp3) is 0.545. The van der Waals surface area contributed by atoms with Crippen LogP contribution in [0.15, 0.2) is 40.8 Å². The zero-order valence-electron chi connectivity index (χ0n) is 16.6. The molecule has 1 aromatic rings. The maximum Gasteiger partial charge on any atom is 0.315 e. The number of Topliss-reactive ketones (excluding diaryl/α,β-unsaturated/α-hetero) is 1. The van der Waals surface area contributed by atoms with E-state index in [-0.39, 0.29) is 23.1 Å². The van der Waals surface area contributed by atoms with Gasteiger partial charge in [0, 0.05) is 41.7 Å². The second-order valence-electron chi connectivity index (χ2n) is 8.32. The van der Waals surface area contributed by atoms with E-state index in [0.717, 1.165) is 36.2 Å². The van der Waals surface area contributed by atoms with E-state index >= 15 is 0 Å². The van der Waals surface area contributed by atoms with Crippen molar-refractivity contribution in [3.05, 3.63) is 41.4 Å². The van der Waals surface area contributed by atoms with E-state index in [1.807, 2.05) is 19.1 Å². The number of nitrogens with zero attached hydrogens (tertiary/aromatic N) is 2. The van der Waals surface area contributed by atoms with E-state index in [4.69, 9.17) is 9.73 Å². The van der Waals surface area contributed by atoms with E-state index in [2.05, 4.69) is 25.8 Å². The number of unbranched alkanes of at least 4 members (excludes halogenated alkanes) is 1. The lowest BCUT2D eigenvalue weighted by molar-refractivity contribution is -0.146. The van der Waals surface area contributed by atoms with Gasteiger partial charge in [-0.05, 0) is 36.8 Å². The second kappa shape index (κ2) is 7.75. The Morgan fingerprint density at radius 3 is 2.78 bits per heavy atom. The van der Waals surface area contributed by atoms with Crippen molar-refractivity contribution in [3.63, 3.8) is 0 Å². The Bertz CT molecular complexity index is 793. The first-order valence-electron chi connectivity index (χ1n) is 9.72. The number of esters is 1. The lowest BCUT2D eigenvalue weighted by Crippen LogP contribution is -2.39. The number of hydrogen-bond acceptors (Lipinski definition) is 5. The average Bonchev–Trinajstić information content (AvgIpc) is 2.60. The predicted molar refractivity (Wildman–Crippen MR) is 104 cm³/mol. The standard InChI is InChI=1S/C22H28N2O3/c1-5-6-10-27-21(26)18-14(2)24-16-11-22(3,4)12-17(25)20(16)19(18)15-8-7-9-23-13-15/h7-9,13,18-19H,5-6,10-12H2,1-4H3/t18?,19-/m0/s1. The Morgan fingerprint density at radius 1 is 1.33 bits per heavy atom. The molecule has 0 fully saturated rings. The topological polar surface area (TPSA) is 68.6 Å². The molecule has 0 amide bonds. The lowest BCUT2D eigenvalue weighted by atomic mass is 9.67. The highest BCUT2D eigenvalue weighted by atomic mass is 16.5. The van der Waals surface area contributed by atoms with Gasteiger partial charge in [-0.15, -0.1) is 0 Å². The van der Waals surface area contributed by atoms with Crippen LogP contribution in [0.5, 0.6) is 0 Å². The second-order valence-corrected chi connectivity index (χ2v) is 8.32. The van der Waals surface area contributed by atoms with Crippen LogP contribution in [0.2, 0.25) is 0 Å². The summed E-state index contributed by atoms with van der Waals surface area (Å²) >= 11 is 0. The maximum atomic E-state index is 13.1. The van der Waals surface area contributed by atoms with Crippen molar-refractivity contribution in [2.75, 3.05) is 6.61 Å². The van der Waals surface area contributed by atoms with Crippen molar-refractivity contribution < 1.29 is 14.3 Å². The third kappa shape index (κ3) is 4.02. The summed E-state index contributed by atoms with van der Waals surface area (Å²) < 4.78 is 5.53. The number of carbonyl (C=O) groups excluding carboxylic acids is 2. The van der Waals surface area contributed by atoms with Gasteiger partial charge < -0.3 is 4.74 Å². The van der Waals surface area contributed by atoms with Gasteiger partial charge >= 0.3 is 5.97 Å². The number of pyridine rings is 1. The summed E-state index contributed by atoms with van der Waals surface area (Å²) in [6, 6.07) is 3.77. The van der Waals surface area contributed by atoms with Gasteiger partial charge in [-0.3, -0.25) is 19.6 Å². The molecule has 0 bridgehead atoms. The maximum absolute atomic E-state index is 13.1. The molecule has 2 aliphatic rings. The molecule has 0 aromatic carbocycles. The number of aliphatic imine (C=N–C) groups is 1. The summed E-state index contributed by atoms with van der Waals surface area (Å²) in [6.07, 6.45) is 6.43. The van der Waals surface area contributed by atoms with Crippen LogP contribution < -0.4 is 0 Å². The fourth-order valence-electron chi connectivity index (χ4n) is 4.08. The zero-order chi connectivity index (χ0) is 19.6. The predicted octanol–water partition coefficient (Wildman–Crippen LogP) is 4.24. The van der Waals surface area contributed by atoms with Crippen molar-refractivity contribution in [1.82, 2.24) is 4.98 Å². The number of allylic oxidation sites excluding steroid dienone is 2. The number of aromatic nitrogens is 1. The minimum atomic E-state index is -0.574. The Labute approximate surface area is 160 Å². The van der Waals surface area contributed by atoms with E-state index in [0.29, 0.717) is 18.6 Å². The fourth-order valence-corrected chi connectivity index (χ4v) is 4.08. The first kappa shape index (κ1) is 19.5. The van der Waals surface area contributed by atoms with E-state index in [1.54, 1.807) is 12.4 Å². The molecule has 27 heavy (non-hydrogen) atoms. The van der Waals surface area contributed by atoms with Crippen LogP contribution in [-0.2, 0) is 14.3 Å². The highest BCUT2D eigenvalue weighted by Gasteiger charge is 2.46. The molecule has 0 radical (unpaired) electrons. The number of carbonyl (C=O) groups is 2. The largest absolute Gasteiger partial charge is 0.465 e. The van der Waals surface area contributed by atoms with Gasteiger partial charge in [0.2, 0.25) is 0 Å². The third-order valence-electron chi connectivity index (χ3n) is 5.34. The Morgan fingerprint density at radius 2 is 2.11 bits per heavy atom. The Hall–Kier alpha value is -2.30. The van der Waals surface area contributed by atoms with Crippen LogP contribution in [0.1, 0.15) is 64.9 Å². The van der Waals surface area contributed by atoms with E-state index in [9.17, 15) is 9.59 Å². The Kier molecular flexibility index (Phi) is 5.59. The third-order valence-corrected chi connectivity index (χ3v) is 5.34. The molecule has 0 saturated heterocycles. The first-order chi connectivity index (χ1) is 12.8. The number of ether oxygens (including phenoxy) is 1. The molecule has 2 heterocycles. The summed E-state index contributed by atoms with van der Waals surface area (Å²) in [5, 5.41) is 0. The zero-order valence-corrected chi connectivity index (χ0v) is 16.6. The van der Waals surface area contributed by atoms with Crippen LogP contribution >= 0.6 is 0 Å². The number of rotatable bonds is 5. The molecule has 0 spiro atoms. The van der Waals surface area contributed by atoms with E-state index in [1.165, 1.54) is 0 Å². The molecule has 1 aromatic heterocycles. The summed E-state index contributed by atoms with van der Waals surface area (Å²) in [7, 11) is 0. The molecule has 5 heteroatoms. The number of ketones is 1. The quantitative estimate of drug-likeness (QED) is 0.576. The monoisotopic (exact) mass is 368 g/mol.